The lowest BCUT2D eigenvalue weighted by atomic mass is 10.0. The van der Waals surface area contributed by atoms with E-state index in [4.69, 9.17) is 0 Å². The van der Waals surface area contributed by atoms with Crippen LogP contribution in [-0.4, -0.2) is 43.8 Å². The van der Waals surface area contributed by atoms with Crippen molar-refractivity contribution in [2.75, 3.05) is 10.8 Å². The number of anilines is 1. The maximum absolute atomic E-state index is 14.4. The van der Waals surface area contributed by atoms with E-state index in [2.05, 4.69) is 5.32 Å². The van der Waals surface area contributed by atoms with Crippen molar-refractivity contribution in [2.24, 2.45) is 0 Å². The first-order chi connectivity index (χ1) is 21.9. The highest BCUT2D eigenvalue weighted by atomic mass is 32.2. The van der Waals surface area contributed by atoms with Gasteiger partial charge in [-0.2, -0.15) is 13.2 Å². The Morgan fingerprint density at radius 2 is 1.37 bits per heavy atom. The molecule has 2 atom stereocenters. The molecule has 0 heterocycles. The molecule has 4 rings (SSSR count). The maximum atomic E-state index is 14.4. The van der Waals surface area contributed by atoms with E-state index in [0.29, 0.717) is 22.4 Å². The van der Waals surface area contributed by atoms with E-state index >= 15 is 0 Å². The number of hydrogen-bond acceptors (Lipinski definition) is 4. The fourth-order valence-electron chi connectivity index (χ4n) is 4.86. The van der Waals surface area contributed by atoms with Gasteiger partial charge in [0.2, 0.25) is 11.8 Å². The number of carbonyl (C=O) groups excluding carboxylic acids is 2. The molecule has 0 aromatic heterocycles. The fourth-order valence-corrected chi connectivity index (χ4v) is 6.29. The van der Waals surface area contributed by atoms with Crippen LogP contribution < -0.4 is 9.62 Å². The highest BCUT2D eigenvalue weighted by Gasteiger charge is 2.36. The first-order valence-electron chi connectivity index (χ1n) is 14.8. The van der Waals surface area contributed by atoms with Gasteiger partial charge in [0.25, 0.3) is 10.0 Å². The molecular weight excluding hydrogens is 615 g/mol. The standard InChI is InChI=1S/C35H36F3N3O4S/c1-3-26(2)39-34(43)32(22-27-14-7-4-8-15-27)40(24-28-16-9-5-10-17-28)33(42)25-41(46(44,45)31-20-11-6-12-21-31)30-19-13-18-29(23-30)35(36,37)38/h4-21,23,26,32H,3,22,24-25H2,1-2H3,(H,39,43)/t26-,32-/m1/s1. The number of carbonyl (C=O) groups is 2. The third-order valence-corrected chi connectivity index (χ3v) is 9.33. The van der Waals surface area contributed by atoms with E-state index in [9.17, 15) is 31.2 Å². The predicted octanol–water partition coefficient (Wildman–Crippen LogP) is 6.46. The summed E-state index contributed by atoms with van der Waals surface area (Å²) in [6, 6.07) is 27.7. The second kappa shape index (κ2) is 15.1. The Bertz CT molecular complexity index is 1700. The zero-order valence-electron chi connectivity index (χ0n) is 25.5. The first-order valence-corrected chi connectivity index (χ1v) is 16.3. The van der Waals surface area contributed by atoms with E-state index in [1.54, 1.807) is 36.4 Å². The minimum atomic E-state index is -4.75. The summed E-state index contributed by atoms with van der Waals surface area (Å²) in [7, 11) is -4.53. The van der Waals surface area contributed by atoms with Gasteiger partial charge in [0.1, 0.15) is 12.6 Å². The number of benzene rings is 4. The highest BCUT2D eigenvalue weighted by molar-refractivity contribution is 7.92. The second-order valence-corrected chi connectivity index (χ2v) is 12.8. The SMILES string of the molecule is CC[C@@H](C)NC(=O)[C@@H](Cc1ccccc1)N(Cc1ccccc1)C(=O)CN(c1cccc(C(F)(F)F)c1)S(=O)(=O)c1ccccc1. The third kappa shape index (κ3) is 8.75. The molecule has 0 fully saturated rings. The number of nitrogens with zero attached hydrogens (tertiary/aromatic N) is 2. The van der Waals surface area contributed by atoms with Crippen LogP contribution in [0.1, 0.15) is 37.0 Å². The molecule has 11 heteroatoms. The monoisotopic (exact) mass is 651 g/mol. The van der Waals surface area contributed by atoms with Gasteiger partial charge in [0, 0.05) is 19.0 Å². The summed E-state index contributed by atoms with van der Waals surface area (Å²) < 4.78 is 69.8. The number of hydrogen-bond donors (Lipinski definition) is 1. The number of halogens is 3. The van der Waals surface area contributed by atoms with E-state index in [-0.39, 0.29) is 29.6 Å². The van der Waals surface area contributed by atoms with Crippen LogP contribution in [0, 0.1) is 0 Å². The maximum Gasteiger partial charge on any atom is 0.416 e. The number of alkyl halides is 3. The Morgan fingerprint density at radius 1 is 0.804 bits per heavy atom. The Hall–Kier alpha value is -4.64. The minimum absolute atomic E-state index is 0.0487. The molecular formula is C35H36F3N3O4S. The third-order valence-electron chi connectivity index (χ3n) is 7.54. The summed E-state index contributed by atoms with van der Waals surface area (Å²) in [5.74, 6) is -1.19. The quantitative estimate of drug-likeness (QED) is 0.180. The summed E-state index contributed by atoms with van der Waals surface area (Å²) in [6.45, 7) is 2.84. The van der Waals surface area contributed by atoms with E-state index < -0.39 is 46.2 Å². The van der Waals surface area contributed by atoms with Crippen LogP contribution in [0.25, 0.3) is 0 Å². The van der Waals surface area contributed by atoms with Crippen LogP contribution in [-0.2, 0) is 38.8 Å². The average Bonchev–Trinajstić information content (AvgIpc) is 3.06. The molecule has 0 saturated heterocycles. The smallest absolute Gasteiger partial charge is 0.352 e. The van der Waals surface area contributed by atoms with Gasteiger partial charge < -0.3 is 10.2 Å². The summed E-state index contributed by atoms with van der Waals surface area (Å²) >= 11 is 0. The van der Waals surface area contributed by atoms with Crippen LogP contribution in [0.4, 0.5) is 18.9 Å². The van der Waals surface area contributed by atoms with E-state index in [1.165, 1.54) is 35.2 Å². The molecule has 0 aliphatic rings. The molecule has 0 aliphatic heterocycles. The van der Waals surface area contributed by atoms with Gasteiger partial charge in [0.05, 0.1) is 16.1 Å². The molecule has 4 aromatic rings. The normalized spacial score (nSPS) is 13.0. The molecule has 242 valence electrons. The zero-order valence-corrected chi connectivity index (χ0v) is 26.3. The van der Waals surface area contributed by atoms with Crippen LogP contribution in [0.2, 0.25) is 0 Å². The van der Waals surface area contributed by atoms with Crippen molar-refractivity contribution in [3.05, 3.63) is 132 Å². The lowest BCUT2D eigenvalue weighted by molar-refractivity contribution is -0.140. The van der Waals surface area contributed by atoms with Crippen LogP contribution in [0.3, 0.4) is 0 Å². The Morgan fingerprint density at radius 3 is 1.93 bits per heavy atom. The number of sulfonamides is 1. The van der Waals surface area contributed by atoms with Crippen molar-refractivity contribution in [1.82, 2.24) is 10.2 Å². The van der Waals surface area contributed by atoms with Crippen molar-refractivity contribution in [2.45, 2.75) is 56.4 Å². The van der Waals surface area contributed by atoms with Gasteiger partial charge in [-0.1, -0.05) is 91.9 Å². The van der Waals surface area contributed by atoms with Crippen LogP contribution in [0.15, 0.2) is 120 Å². The Labute approximate surface area is 267 Å². The Kier molecular flexibility index (Phi) is 11.2. The summed E-state index contributed by atoms with van der Waals surface area (Å²) in [5.41, 5.74) is 0.0446. The van der Waals surface area contributed by atoms with Gasteiger partial charge >= 0.3 is 6.18 Å². The second-order valence-electron chi connectivity index (χ2n) is 10.9. The van der Waals surface area contributed by atoms with Gasteiger partial charge in [-0.25, -0.2) is 8.42 Å². The van der Waals surface area contributed by atoms with Crippen molar-refractivity contribution < 1.29 is 31.2 Å². The lowest BCUT2D eigenvalue weighted by Crippen LogP contribution is -2.54. The molecule has 0 aliphatic carbocycles. The van der Waals surface area contributed by atoms with Crippen LogP contribution >= 0.6 is 0 Å². The first kappa shape index (κ1) is 34.2. The van der Waals surface area contributed by atoms with Crippen molar-refractivity contribution in [3.8, 4) is 0 Å². The van der Waals surface area contributed by atoms with Crippen molar-refractivity contribution in [1.29, 1.82) is 0 Å². The van der Waals surface area contributed by atoms with Crippen molar-refractivity contribution >= 4 is 27.5 Å². The van der Waals surface area contributed by atoms with Crippen molar-refractivity contribution in [3.63, 3.8) is 0 Å². The van der Waals surface area contributed by atoms with Gasteiger partial charge in [-0.15, -0.1) is 0 Å². The summed E-state index contributed by atoms with van der Waals surface area (Å²) in [4.78, 5) is 29.3. The molecule has 46 heavy (non-hydrogen) atoms. The molecule has 1 N–H and O–H groups in total. The molecule has 2 amide bonds. The fraction of sp³-hybridized carbons (Fsp3) is 0.257. The number of amides is 2. The number of nitrogens with one attached hydrogen (secondary N) is 1. The zero-order chi connectivity index (χ0) is 33.3. The Balaban J connectivity index is 1.83. The van der Waals surface area contributed by atoms with E-state index in [0.717, 1.165) is 17.7 Å². The van der Waals surface area contributed by atoms with Gasteiger partial charge in [0.15, 0.2) is 0 Å². The highest BCUT2D eigenvalue weighted by Crippen LogP contribution is 2.33. The predicted molar refractivity (Wildman–Crippen MR) is 171 cm³/mol. The molecule has 0 spiro atoms. The minimum Gasteiger partial charge on any atom is -0.352 e. The molecule has 0 bridgehead atoms. The lowest BCUT2D eigenvalue weighted by Gasteiger charge is -2.34. The molecule has 0 saturated carbocycles. The molecule has 0 unspecified atom stereocenters. The van der Waals surface area contributed by atoms with Gasteiger partial charge in [-0.05, 0) is 54.8 Å². The van der Waals surface area contributed by atoms with E-state index in [1.807, 2.05) is 44.2 Å². The molecule has 4 aromatic carbocycles. The largest absolute Gasteiger partial charge is 0.416 e. The van der Waals surface area contributed by atoms with Crippen LogP contribution in [0.5, 0.6) is 0 Å². The number of rotatable bonds is 13. The summed E-state index contributed by atoms with van der Waals surface area (Å²) in [6.07, 6.45) is -4.00. The summed E-state index contributed by atoms with van der Waals surface area (Å²) in [5, 5.41) is 2.95. The average molecular weight is 652 g/mol. The van der Waals surface area contributed by atoms with Gasteiger partial charge in [-0.3, -0.25) is 13.9 Å². The molecule has 0 radical (unpaired) electrons. The molecule has 7 nitrogen and oxygen atoms in total. The topological polar surface area (TPSA) is 86.8 Å².